The Kier molecular flexibility index (Phi) is 8.36. The number of halogens is 1. The number of likely N-dealkylation sites (tertiary alicyclic amines) is 1. The lowest BCUT2D eigenvalue weighted by atomic mass is 9.70. The number of hydrogen-bond acceptors (Lipinski definition) is 6. The number of para-hydroxylation sites is 1. The third kappa shape index (κ3) is 4.86. The zero-order chi connectivity index (χ0) is 28.6. The van der Waals surface area contributed by atoms with Crippen molar-refractivity contribution in [1.29, 1.82) is 0 Å². The largest absolute Gasteiger partial charge is 0.494 e. The molecule has 3 saturated heterocycles. The smallest absolute Gasteiger partial charge is 0.248 e. The second-order valence-corrected chi connectivity index (χ2v) is 12.9. The van der Waals surface area contributed by atoms with Gasteiger partial charge in [-0.25, -0.2) is 0 Å². The molecule has 2 aromatic rings. The van der Waals surface area contributed by atoms with Gasteiger partial charge in [0.2, 0.25) is 17.7 Å². The summed E-state index contributed by atoms with van der Waals surface area (Å²) in [6.45, 7) is 6.16. The number of rotatable bonds is 10. The fraction of sp³-hybridized carbons (Fsp3) is 0.500. The zero-order valence-corrected chi connectivity index (χ0v) is 24.5. The van der Waals surface area contributed by atoms with E-state index in [9.17, 15) is 19.5 Å². The molecular weight excluding hydrogens is 550 g/mol. The molecule has 3 aliphatic heterocycles. The van der Waals surface area contributed by atoms with Crippen LogP contribution in [0.4, 0.5) is 11.4 Å². The average molecular weight is 586 g/mol. The van der Waals surface area contributed by atoms with E-state index in [0.29, 0.717) is 35.2 Å². The lowest BCUT2D eigenvalue weighted by molar-refractivity contribution is -0.142. The number of carbonyl (C=O) groups is 3. The standard InChI is InChI=1S/C30H36ClN3O5S/c1-4-17(3)22(16-35)34-26(28(37)33-21-9-7-6-8-20(21)31)30-15-14-23(40-30)24(25(30)29(34)38)27(36)32-18-10-12-19(13-11-18)39-5-2/h6-13,17,22-26,35H,4-5,14-16H2,1-3H3,(H,32,36)(H,33,37)/t17-,22-,23-,24+,25-,26?,30?/m0/s1. The molecule has 2 aromatic carbocycles. The monoisotopic (exact) mass is 585 g/mol. The number of fused-ring (bicyclic) bond motifs is 1. The van der Waals surface area contributed by atoms with Crippen molar-refractivity contribution < 1.29 is 24.2 Å². The average Bonchev–Trinajstić information content (AvgIpc) is 3.59. The Morgan fingerprint density at radius 1 is 1.15 bits per heavy atom. The Bertz CT molecular complexity index is 1280. The molecule has 0 aliphatic carbocycles. The van der Waals surface area contributed by atoms with Gasteiger partial charge in [0.15, 0.2) is 0 Å². The molecule has 0 aromatic heterocycles. The summed E-state index contributed by atoms with van der Waals surface area (Å²) >= 11 is 7.95. The lowest BCUT2D eigenvalue weighted by Gasteiger charge is -2.39. The number of benzene rings is 2. The van der Waals surface area contributed by atoms with E-state index < -0.39 is 28.7 Å². The van der Waals surface area contributed by atoms with Gasteiger partial charge in [0, 0.05) is 10.9 Å². The first kappa shape index (κ1) is 28.8. The van der Waals surface area contributed by atoms with Crippen molar-refractivity contribution in [2.24, 2.45) is 17.8 Å². The number of amides is 3. The highest BCUT2D eigenvalue weighted by Crippen LogP contribution is 2.67. The first-order valence-corrected chi connectivity index (χ1v) is 15.2. The SMILES string of the molecule is CCOc1ccc(NC(=O)[C@@H]2[C@@H]3CCC4(S3)C(C(=O)Nc3ccccc3Cl)N([C@@H](CO)[C@@H](C)CC)C(=O)[C@H]24)cc1. The number of carbonyl (C=O) groups excluding carboxylic acids is 3. The fourth-order valence-corrected chi connectivity index (χ4v) is 9.04. The van der Waals surface area contributed by atoms with E-state index in [1.165, 1.54) is 0 Å². The van der Waals surface area contributed by atoms with E-state index in [4.69, 9.17) is 16.3 Å². The second kappa shape index (κ2) is 11.6. The van der Waals surface area contributed by atoms with Crippen LogP contribution in [0.15, 0.2) is 48.5 Å². The Morgan fingerprint density at radius 2 is 1.88 bits per heavy atom. The van der Waals surface area contributed by atoms with Gasteiger partial charge >= 0.3 is 0 Å². The molecule has 10 heteroatoms. The molecule has 0 saturated carbocycles. The van der Waals surface area contributed by atoms with Crippen LogP contribution in [0.2, 0.25) is 5.02 Å². The molecule has 8 nitrogen and oxygen atoms in total. The highest BCUT2D eigenvalue weighted by molar-refractivity contribution is 8.02. The molecule has 214 valence electrons. The van der Waals surface area contributed by atoms with Crippen molar-refractivity contribution in [1.82, 2.24) is 4.90 Å². The predicted molar refractivity (Wildman–Crippen MR) is 158 cm³/mol. The minimum absolute atomic E-state index is 0.0434. The van der Waals surface area contributed by atoms with Crippen molar-refractivity contribution in [3.05, 3.63) is 53.6 Å². The Balaban J connectivity index is 1.48. The number of aliphatic hydroxyl groups excluding tert-OH is 1. The van der Waals surface area contributed by atoms with E-state index in [0.717, 1.165) is 12.8 Å². The minimum atomic E-state index is -0.842. The number of anilines is 2. The molecule has 3 N–H and O–H groups in total. The van der Waals surface area contributed by atoms with Gasteiger partial charge in [-0.3, -0.25) is 14.4 Å². The summed E-state index contributed by atoms with van der Waals surface area (Å²) < 4.78 is 4.73. The molecule has 3 heterocycles. The summed E-state index contributed by atoms with van der Waals surface area (Å²) in [5, 5.41) is 16.7. The van der Waals surface area contributed by atoms with Gasteiger partial charge in [-0.2, -0.15) is 0 Å². The maximum Gasteiger partial charge on any atom is 0.248 e. The van der Waals surface area contributed by atoms with Crippen molar-refractivity contribution in [3.63, 3.8) is 0 Å². The van der Waals surface area contributed by atoms with Crippen LogP contribution in [0.25, 0.3) is 0 Å². The van der Waals surface area contributed by atoms with Crippen LogP contribution < -0.4 is 15.4 Å². The quantitative estimate of drug-likeness (QED) is 0.369. The molecule has 40 heavy (non-hydrogen) atoms. The molecular formula is C30H36ClN3O5S. The summed E-state index contributed by atoms with van der Waals surface area (Å²) in [6, 6.07) is 12.8. The van der Waals surface area contributed by atoms with Crippen LogP contribution in [0.1, 0.15) is 40.0 Å². The lowest BCUT2D eigenvalue weighted by Crippen LogP contribution is -2.56. The maximum atomic E-state index is 14.3. The first-order chi connectivity index (χ1) is 19.2. The second-order valence-electron chi connectivity index (χ2n) is 10.9. The molecule has 1 spiro atoms. The summed E-state index contributed by atoms with van der Waals surface area (Å²) in [4.78, 5) is 43.7. The van der Waals surface area contributed by atoms with Crippen molar-refractivity contribution in [3.8, 4) is 5.75 Å². The van der Waals surface area contributed by atoms with E-state index in [1.807, 2.05) is 20.8 Å². The molecule has 7 atom stereocenters. The van der Waals surface area contributed by atoms with E-state index in [1.54, 1.807) is 65.2 Å². The van der Waals surface area contributed by atoms with Crippen LogP contribution >= 0.6 is 23.4 Å². The van der Waals surface area contributed by atoms with Gasteiger partial charge in [0.1, 0.15) is 11.8 Å². The van der Waals surface area contributed by atoms with E-state index in [2.05, 4.69) is 10.6 Å². The molecule has 3 aliphatic rings. The van der Waals surface area contributed by atoms with E-state index in [-0.39, 0.29) is 35.5 Å². The van der Waals surface area contributed by atoms with E-state index >= 15 is 0 Å². The van der Waals surface area contributed by atoms with Crippen LogP contribution in [0.5, 0.6) is 5.75 Å². The topological polar surface area (TPSA) is 108 Å². The molecule has 3 amide bonds. The normalized spacial score (nSPS) is 28.2. The number of nitrogens with one attached hydrogen (secondary N) is 2. The van der Waals surface area contributed by atoms with Gasteiger partial charge in [-0.1, -0.05) is 44.0 Å². The number of hydrogen-bond donors (Lipinski definition) is 3. The van der Waals surface area contributed by atoms with Crippen molar-refractivity contribution >= 4 is 52.5 Å². The predicted octanol–water partition coefficient (Wildman–Crippen LogP) is 4.81. The summed E-state index contributed by atoms with van der Waals surface area (Å²) in [7, 11) is 0. The number of thioether (sulfide) groups is 1. The fourth-order valence-electron chi connectivity index (χ4n) is 6.65. The number of nitrogens with zero attached hydrogens (tertiary/aromatic N) is 1. The van der Waals surface area contributed by atoms with Gasteiger partial charge < -0.3 is 25.4 Å². The molecule has 2 bridgehead atoms. The summed E-state index contributed by atoms with van der Waals surface area (Å²) in [5.74, 6) is -1.39. The van der Waals surface area contributed by atoms with Gasteiger partial charge in [-0.05, 0) is 62.1 Å². The summed E-state index contributed by atoms with van der Waals surface area (Å²) in [6.07, 6.45) is 2.09. The Morgan fingerprint density at radius 3 is 2.52 bits per heavy atom. The Hall–Kier alpha value is -2.75. The van der Waals surface area contributed by atoms with Gasteiger partial charge in [-0.15, -0.1) is 11.8 Å². The minimum Gasteiger partial charge on any atom is -0.494 e. The summed E-state index contributed by atoms with van der Waals surface area (Å²) in [5.41, 5.74) is 1.09. The first-order valence-electron chi connectivity index (χ1n) is 14.0. The number of ether oxygens (including phenoxy) is 1. The molecule has 3 fully saturated rings. The molecule has 5 rings (SSSR count). The Labute approximate surface area is 244 Å². The van der Waals surface area contributed by atoms with Crippen molar-refractivity contribution in [2.75, 3.05) is 23.8 Å². The van der Waals surface area contributed by atoms with Crippen LogP contribution in [0.3, 0.4) is 0 Å². The van der Waals surface area contributed by atoms with Gasteiger partial charge in [0.05, 0.1) is 46.5 Å². The molecule has 2 unspecified atom stereocenters. The third-order valence-corrected chi connectivity index (χ3v) is 11.0. The zero-order valence-electron chi connectivity index (χ0n) is 22.9. The molecule has 0 radical (unpaired) electrons. The number of aliphatic hydroxyl groups is 1. The third-order valence-electron chi connectivity index (χ3n) is 8.70. The van der Waals surface area contributed by atoms with Gasteiger partial charge in [0.25, 0.3) is 0 Å². The highest BCUT2D eigenvalue weighted by atomic mass is 35.5. The maximum absolute atomic E-state index is 14.3. The van der Waals surface area contributed by atoms with Crippen molar-refractivity contribution in [2.45, 2.75) is 62.1 Å². The van der Waals surface area contributed by atoms with Crippen LogP contribution in [0, 0.1) is 17.8 Å². The van der Waals surface area contributed by atoms with Crippen LogP contribution in [-0.4, -0.2) is 63.0 Å². The van der Waals surface area contributed by atoms with Crippen LogP contribution in [-0.2, 0) is 14.4 Å². The highest BCUT2D eigenvalue weighted by Gasteiger charge is 2.74.